The third kappa shape index (κ3) is 4.00. The molecule has 4 rings (SSSR count). The van der Waals surface area contributed by atoms with Gasteiger partial charge >= 0.3 is 0 Å². The van der Waals surface area contributed by atoms with Gasteiger partial charge in [0.1, 0.15) is 6.61 Å². The summed E-state index contributed by atoms with van der Waals surface area (Å²) in [6.07, 6.45) is 3.41. The van der Waals surface area contributed by atoms with E-state index in [2.05, 4.69) is 13.8 Å². The van der Waals surface area contributed by atoms with Crippen LogP contribution >= 0.6 is 0 Å². The Morgan fingerprint density at radius 2 is 1.86 bits per heavy atom. The molecule has 35 heavy (non-hydrogen) atoms. The monoisotopic (exact) mass is 493 g/mol. The highest BCUT2D eigenvalue weighted by molar-refractivity contribution is 5.95. The molecule has 0 bridgehead atoms. The maximum atomic E-state index is 13.3. The van der Waals surface area contributed by atoms with Gasteiger partial charge < -0.3 is 29.7 Å². The summed E-state index contributed by atoms with van der Waals surface area (Å²) < 4.78 is 10.4. The quantitative estimate of drug-likeness (QED) is 0.494. The lowest BCUT2D eigenvalue weighted by Gasteiger charge is -2.60. The summed E-state index contributed by atoms with van der Waals surface area (Å²) in [4.78, 5) is 28.0. The molecule has 3 N–H and O–H groups in total. The third-order valence-corrected chi connectivity index (χ3v) is 10.4. The summed E-state index contributed by atoms with van der Waals surface area (Å²) in [6.45, 7) is 7.09. The number of carbonyl (C=O) groups is 2. The van der Waals surface area contributed by atoms with Crippen molar-refractivity contribution in [3.63, 3.8) is 0 Å². The van der Waals surface area contributed by atoms with Gasteiger partial charge in [0.15, 0.2) is 5.78 Å². The molecule has 3 saturated carbocycles. The molecule has 0 spiro atoms. The lowest BCUT2D eigenvalue weighted by molar-refractivity contribution is -0.155. The Balaban J connectivity index is 1.67. The first-order valence-electron chi connectivity index (χ1n) is 13.1. The molecule has 9 atom stereocenters. The summed E-state index contributed by atoms with van der Waals surface area (Å²) in [7, 11) is 3.12. The maximum Gasteiger partial charge on any atom is 0.248 e. The molecule has 8 nitrogen and oxygen atoms in total. The SMILES string of the molecule is COCCN(C(=O)COC)C(C)[C@H]1CC[C@@]2(O)C3=CC(=O)[C@@H]4C[C@@H](O)[C@@H](O)C[C@]4(C)C3CC[C@]12C. The third-order valence-electron chi connectivity index (χ3n) is 10.4. The van der Waals surface area contributed by atoms with E-state index in [1.807, 2.05) is 11.8 Å². The van der Waals surface area contributed by atoms with Crippen LogP contribution in [0.25, 0.3) is 0 Å². The number of fused-ring (bicyclic) bond motifs is 5. The van der Waals surface area contributed by atoms with Gasteiger partial charge in [0, 0.05) is 38.1 Å². The van der Waals surface area contributed by atoms with E-state index in [1.165, 1.54) is 7.11 Å². The van der Waals surface area contributed by atoms with Crippen molar-refractivity contribution in [3.05, 3.63) is 11.6 Å². The normalized spacial score (nSPS) is 43.6. The topological polar surface area (TPSA) is 117 Å². The van der Waals surface area contributed by atoms with Crippen LogP contribution in [0.4, 0.5) is 0 Å². The van der Waals surface area contributed by atoms with Gasteiger partial charge in [0.2, 0.25) is 5.91 Å². The number of ketones is 1. The van der Waals surface area contributed by atoms with Crippen molar-refractivity contribution < 1.29 is 34.4 Å². The number of methoxy groups -OCH3 is 2. The van der Waals surface area contributed by atoms with Crippen molar-refractivity contribution in [3.8, 4) is 0 Å². The summed E-state index contributed by atoms with van der Waals surface area (Å²) in [5, 5.41) is 33.1. The summed E-state index contributed by atoms with van der Waals surface area (Å²) in [6, 6.07) is -0.127. The van der Waals surface area contributed by atoms with E-state index in [-0.39, 0.29) is 48.5 Å². The van der Waals surface area contributed by atoms with E-state index in [4.69, 9.17) is 9.47 Å². The fraction of sp³-hybridized carbons (Fsp3) is 0.852. The van der Waals surface area contributed by atoms with E-state index in [0.29, 0.717) is 26.0 Å². The number of amides is 1. The predicted molar refractivity (Wildman–Crippen MR) is 129 cm³/mol. The lowest BCUT2D eigenvalue weighted by Crippen LogP contribution is -2.61. The molecule has 3 fully saturated rings. The zero-order valence-electron chi connectivity index (χ0n) is 21.8. The smallest absolute Gasteiger partial charge is 0.248 e. The van der Waals surface area contributed by atoms with Gasteiger partial charge in [0.25, 0.3) is 0 Å². The zero-order chi connectivity index (χ0) is 25.8. The van der Waals surface area contributed by atoms with Crippen molar-refractivity contribution in [1.29, 1.82) is 0 Å². The Morgan fingerprint density at radius 1 is 1.14 bits per heavy atom. The molecule has 0 aliphatic heterocycles. The van der Waals surface area contributed by atoms with Gasteiger partial charge in [-0.05, 0) is 74.3 Å². The van der Waals surface area contributed by atoms with Crippen LogP contribution in [0.2, 0.25) is 0 Å². The lowest BCUT2D eigenvalue weighted by atomic mass is 9.46. The number of carbonyl (C=O) groups excluding carboxylic acids is 2. The Labute approximate surface area is 208 Å². The minimum Gasteiger partial charge on any atom is -0.390 e. The van der Waals surface area contributed by atoms with Gasteiger partial charge in [0.05, 0.1) is 24.4 Å². The van der Waals surface area contributed by atoms with Crippen molar-refractivity contribution >= 4 is 11.7 Å². The van der Waals surface area contributed by atoms with E-state index >= 15 is 0 Å². The van der Waals surface area contributed by atoms with Crippen LogP contribution in [0.3, 0.4) is 0 Å². The Hall–Kier alpha value is -1.32. The molecule has 198 valence electrons. The number of ether oxygens (including phenoxy) is 2. The first-order chi connectivity index (χ1) is 16.4. The van der Waals surface area contributed by atoms with Gasteiger partial charge in [-0.25, -0.2) is 0 Å². The van der Waals surface area contributed by atoms with Gasteiger partial charge in [-0.2, -0.15) is 0 Å². The highest BCUT2D eigenvalue weighted by Gasteiger charge is 2.67. The number of aliphatic hydroxyl groups excluding tert-OH is 2. The van der Waals surface area contributed by atoms with Crippen molar-refractivity contribution in [2.75, 3.05) is 34.0 Å². The molecule has 0 aromatic rings. The predicted octanol–water partition coefficient (Wildman–Crippen LogP) is 1.70. The number of rotatable bonds is 7. The molecule has 0 aromatic heterocycles. The van der Waals surface area contributed by atoms with Crippen molar-refractivity contribution in [1.82, 2.24) is 4.90 Å². The molecular weight excluding hydrogens is 450 g/mol. The van der Waals surface area contributed by atoms with E-state index in [0.717, 1.165) is 24.8 Å². The van der Waals surface area contributed by atoms with Crippen LogP contribution in [-0.4, -0.2) is 89.7 Å². The number of nitrogens with zero attached hydrogens (tertiary/aromatic N) is 1. The van der Waals surface area contributed by atoms with Crippen LogP contribution in [0.5, 0.6) is 0 Å². The summed E-state index contributed by atoms with van der Waals surface area (Å²) in [5.41, 5.74) is -1.32. The first-order valence-corrected chi connectivity index (χ1v) is 13.1. The van der Waals surface area contributed by atoms with E-state index < -0.39 is 28.6 Å². The van der Waals surface area contributed by atoms with E-state index in [9.17, 15) is 24.9 Å². The average Bonchev–Trinajstić information content (AvgIpc) is 3.07. The summed E-state index contributed by atoms with van der Waals surface area (Å²) in [5.74, 6) is -0.446. The highest BCUT2D eigenvalue weighted by Crippen LogP contribution is 2.67. The number of allylic oxidation sites excluding steroid dienone is 1. The van der Waals surface area contributed by atoms with E-state index in [1.54, 1.807) is 13.2 Å². The second-order valence-electron chi connectivity index (χ2n) is 11.9. The molecule has 0 radical (unpaired) electrons. The maximum absolute atomic E-state index is 13.3. The van der Waals surface area contributed by atoms with Crippen LogP contribution < -0.4 is 0 Å². The Morgan fingerprint density at radius 3 is 2.51 bits per heavy atom. The fourth-order valence-corrected chi connectivity index (χ4v) is 8.35. The largest absolute Gasteiger partial charge is 0.390 e. The molecule has 0 aromatic carbocycles. The second-order valence-corrected chi connectivity index (χ2v) is 11.9. The zero-order valence-corrected chi connectivity index (χ0v) is 21.8. The number of hydrogen-bond acceptors (Lipinski definition) is 7. The van der Waals surface area contributed by atoms with Crippen LogP contribution in [0.15, 0.2) is 11.6 Å². The molecule has 0 saturated heterocycles. The van der Waals surface area contributed by atoms with Crippen LogP contribution in [0.1, 0.15) is 59.3 Å². The highest BCUT2D eigenvalue weighted by atomic mass is 16.5. The van der Waals surface area contributed by atoms with Crippen molar-refractivity contribution in [2.45, 2.75) is 83.1 Å². The average molecular weight is 494 g/mol. The van der Waals surface area contributed by atoms with Crippen LogP contribution in [0, 0.1) is 28.6 Å². The molecule has 4 aliphatic rings. The number of aliphatic hydroxyl groups is 3. The standard InChI is InChI=1S/C27H43NO7/c1-16(28(10-11-34-4)24(32)15-35-5)17-7-9-27(33)19-12-21(29)20-13-22(30)23(31)14-25(20,2)18(19)6-8-26(17,27)3/h12,16-18,20,22-23,30-31,33H,6-11,13-15H2,1-5H3/t16?,17-,18?,20+,22-,23+,25-,26-,27-/m1/s1. The first kappa shape index (κ1) is 26.7. The molecule has 1 amide bonds. The fourth-order valence-electron chi connectivity index (χ4n) is 8.35. The number of hydrogen-bond donors (Lipinski definition) is 3. The molecule has 8 heteroatoms. The molecule has 4 aliphatic carbocycles. The second kappa shape index (κ2) is 9.53. The minimum absolute atomic E-state index is 0.00257. The summed E-state index contributed by atoms with van der Waals surface area (Å²) >= 11 is 0. The van der Waals surface area contributed by atoms with Gasteiger partial charge in [-0.1, -0.05) is 13.8 Å². The minimum atomic E-state index is -1.14. The Kier molecular flexibility index (Phi) is 7.28. The molecular formula is C27H43NO7. The Bertz CT molecular complexity index is 876. The molecule has 0 heterocycles. The van der Waals surface area contributed by atoms with Crippen molar-refractivity contribution in [2.24, 2.45) is 28.6 Å². The van der Waals surface area contributed by atoms with Gasteiger partial charge in [-0.15, -0.1) is 0 Å². The molecule has 2 unspecified atom stereocenters. The van der Waals surface area contributed by atoms with Gasteiger partial charge in [-0.3, -0.25) is 9.59 Å². The van der Waals surface area contributed by atoms with Crippen LogP contribution in [-0.2, 0) is 19.1 Å².